The summed E-state index contributed by atoms with van der Waals surface area (Å²) in [5.74, 6) is -2.68. The third-order valence-corrected chi connectivity index (χ3v) is 10.8. The van der Waals surface area contributed by atoms with Crippen LogP contribution in [0.15, 0.2) is 100 Å². The normalized spacial score (nSPS) is 22.8. The van der Waals surface area contributed by atoms with E-state index in [1.807, 2.05) is 30.3 Å². The summed E-state index contributed by atoms with van der Waals surface area (Å²) in [6, 6.07) is 21.7. The number of ether oxygens (including phenoxy) is 1. The van der Waals surface area contributed by atoms with Crippen molar-refractivity contribution >= 4 is 51.5 Å². The summed E-state index contributed by atoms with van der Waals surface area (Å²) in [6.45, 7) is 0.0522. The number of carbonyl (C=O) groups excluding carboxylic acids is 2. The minimum atomic E-state index is -1.62. The second kappa shape index (κ2) is 11.1. The minimum absolute atomic E-state index is 0.0142. The molecule has 0 unspecified atom stereocenters. The zero-order valence-corrected chi connectivity index (χ0v) is 27.8. The van der Waals surface area contributed by atoms with Gasteiger partial charge in [-0.25, -0.2) is 23.5 Å². The highest BCUT2D eigenvalue weighted by Gasteiger charge is 2.69. The van der Waals surface area contributed by atoms with Crippen molar-refractivity contribution in [3.05, 3.63) is 133 Å². The molecule has 1 saturated carbocycles. The van der Waals surface area contributed by atoms with E-state index in [0.29, 0.717) is 32.9 Å². The van der Waals surface area contributed by atoms with Crippen LogP contribution in [0.3, 0.4) is 0 Å². The molecule has 248 valence electrons. The fraction of sp³-hybridized carbons (Fsp3) is 0.222. The highest BCUT2D eigenvalue weighted by atomic mass is 35.5. The summed E-state index contributed by atoms with van der Waals surface area (Å²) < 4.78 is 9.22. The van der Waals surface area contributed by atoms with Crippen molar-refractivity contribution in [1.29, 1.82) is 0 Å². The van der Waals surface area contributed by atoms with Crippen LogP contribution in [0.5, 0.6) is 11.5 Å². The summed E-state index contributed by atoms with van der Waals surface area (Å²) in [5, 5.41) is 14.8. The zero-order chi connectivity index (χ0) is 34.4. The number of allylic oxidation sites excluding steroid dienone is 2. The first-order valence-electron chi connectivity index (χ1n) is 15.6. The number of rotatable bonds is 5. The maximum Gasteiger partial charge on any atom is 0.347 e. The number of phenols is 1. The molecule has 0 bridgehead atoms. The van der Waals surface area contributed by atoms with E-state index in [-0.39, 0.29) is 29.4 Å². The largest absolute Gasteiger partial charge is 0.508 e. The molecule has 3 heterocycles. The van der Waals surface area contributed by atoms with Crippen LogP contribution in [-0.4, -0.2) is 43.0 Å². The summed E-state index contributed by atoms with van der Waals surface area (Å²) in [7, 11) is 2.95. The zero-order valence-electron chi connectivity index (χ0n) is 26.3. The number of hydrogen-bond acceptors (Lipinski definition) is 7. The van der Waals surface area contributed by atoms with Gasteiger partial charge in [-0.1, -0.05) is 71.7 Å². The number of nitrogens with one attached hydrogen (secondary N) is 1. The van der Waals surface area contributed by atoms with Crippen LogP contribution < -0.4 is 21.5 Å². The Labute approximate surface area is 289 Å². The van der Waals surface area contributed by atoms with Crippen LogP contribution >= 0.6 is 23.2 Å². The summed E-state index contributed by atoms with van der Waals surface area (Å²) in [4.78, 5) is 57.0. The number of carbonyl (C=O) groups is 2. The van der Waals surface area contributed by atoms with Gasteiger partial charge < -0.3 is 9.84 Å². The molecular formula is C36H29Cl2N5O6. The van der Waals surface area contributed by atoms with Gasteiger partial charge in [0.1, 0.15) is 11.5 Å². The number of imide groups is 1. The van der Waals surface area contributed by atoms with Crippen molar-refractivity contribution in [2.24, 2.45) is 13.0 Å². The Morgan fingerprint density at radius 1 is 0.939 bits per heavy atom. The van der Waals surface area contributed by atoms with E-state index in [4.69, 9.17) is 27.9 Å². The Kier molecular flexibility index (Phi) is 7.06. The Morgan fingerprint density at radius 3 is 2.43 bits per heavy atom. The van der Waals surface area contributed by atoms with E-state index in [1.165, 1.54) is 29.6 Å². The van der Waals surface area contributed by atoms with Gasteiger partial charge in [-0.2, -0.15) is 5.01 Å². The Hall–Kier alpha value is -5.26. The summed E-state index contributed by atoms with van der Waals surface area (Å²) in [5.41, 5.74) is 2.18. The number of methoxy groups -OCH3 is 1. The van der Waals surface area contributed by atoms with Crippen molar-refractivity contribution in [2.45, 2.75) is 30.3 Å². The molecule has 11 nitrogen and oxygen atoms in total. The smallest absolute Gasteiger partial charge is 0.347 e. The first-order valence-corrected chi connectivity index (χ1v) is 16.4. The number of amides is 2. The summed E-state index contributed by atoms with van der Waals surface area (Å²) in [6.07, 6.45) is 1.86. The second-order valence-electron chi connectivity index (χ2n) is 12.5. The molecule has 1 saturated heterocycles. The molecule has 2 amide bonds. The van der Waals surface area contributed by atoms with Gasteiger partial charge in [-0.15, -0.1) is 0 Å². The van der Waals surface area contributed by atoms with Crippen molar-refractivity contribution < 1.29 is 19.4 Å². The van der Waals surface area contributed by atoms with Crippen LogP contribution in [0.1, 0.15) is 29.5 Å². The number of phenolic OH excluding ortho intramolecular Hbond substituents is 1. The van der Waals surface area contributed by atoms with Gasteiger partial charge in [0.05, 0.1) is 41.7 Å². The van der Waals surface area contributed by atoms with Crippen molar-refractivity contribution in [3.63, 3.8) is 0 Å². The molecule has 1 aliphatic carbocycles. The van der Waals surface area contributed by atoms with Crippen LogP contribution in [0.2, 0.25) is 10.0 Å². The molecule has 0 spiro atoms. The topological polar surface area (TPSA) is 128 Å². The molecule has 13 heteroatoms. The number of benzene rings is 4. The minimum Gasteiger partial charge on any atom is -0.508 e. The number of hydrogen-bond donors (Lipinski definition) is 2. The first-order chi connectivity index (χ1) is 23.6. The maximum absolute atomic E-state index is 15.4. The van der Waals surface area contributed by atoms with E-state index >= 15 is 4.79 Å². The lowest BCUT2D eigenvalue weighted by Gasteiger charge is -2.49. The highest BCUT2D eigenvalue weighted by molar-refractivity contribution is 6.36. The molecule has 2 N–H and O–H groups in total. The maximum atomic E-state index is 15.4. The number of nitrogens with zero attached hydrogens (tertiary/aromatic N) is 4. The molecule has 4 atom stereocenters. The lowest BCUT2D eigenvalue weighted by Crippen LogP contribution is -2.53. The average molecular weight is 699 g/mol. The van der Waals surface area contributed by atoms with E-state index in [9.17, 15) is 19.5 Å². The number of aromatic hydroxyl groups is 1. The van der Waals surface area contributed by atoms with Gasteiger partial charge in [-0.05, 0) is 64.7 Å². The highest BCUT2D eigenvalue weighted by Crippen LogP contribution is 2.63. The molecule has 4 aromatic carbocycles. The van der Waals surface area contributed by atoms with Gasteiger partial charge >= 0.3 is 11.4 Å². The van der Waals surface area contributed by atoms with Crippen molar-refractivity contribution in [2.75, 3.05) is 12.5 Å². The molecule has 8 rings (SSSR count). The molecule has 1 aromatic heterocycles. The third kappa shape index (κ3) is 4.28. The van der Waals surface area contributed by atoms with Crippen LogP contribution in [0, 0.1) is 5.92 Å². The predicted molar refractivity (Wildman–Crippen MR) is 184 cm³/mol. The van der Waals surface area contributed by atoms with Gasteiger partial charge in [0.2, 0.25) is 0 Å². The Balaban J connectivity index is 1.45. The Morgan fingerprint density at radius 2 is 1.69 bits per heavy atom. The van der Waals surface area contributed by atoms with Gasteiger partial charge in [0.15, 0.2) is 0 Å². The number of anilines is 1. The molecule has 3 aliphatic rings. The van der Waals surface area contributed by atoms with Crippen molar-refractivity contribution in [3.8, 4) is 11.5 Å². The second-order valence-corrected chi connectivity index (χ2v) is 13.4. The fourth-order valence-electron chi connectivity index (χ4n) is 8.12. The SMILES string of the molecule is COc1ccc([C@@]23C(=O)N(Nc4ccc(Cl)cc4Cl)C(=O)[C@@H]2C[C@@H]2C(=CCn4c(=O)n(C)c(=O)n42)[C@@H]3c2c(O)ccc3ccccc23)cc1. The van der Waals surface area contributed by atoms with Crippen LogP contribution in [0.25, 0.3) is 10.8 Å². The molecule has 2 fully saturated rings. The lowest BCUT2D eigenvalue weighted by molar-refractivity contribution is -0.138. The lowest BCUT2D eigenvalue weighted by atomic mass is 9.52. The van der Waals surface area contributed by atoms with Gasteiger partial charge in [0.25, 0.3) is 11.8 Å². The van der Waals surface area contributed by atoms with Crippen LogP contribution in [-0.2, 0) is 28.6 Å². The molecule has 0 radical (unpaired) electrons. The number of hydrazine groups is 1. The number of halogens is 2. The van der Waals surface area contributed by atoms with Gasteiger partial charge in [0, 0.05) is 23.6 Å². The van der Waals surface area contributed by atoms with E-state index in [1.54, 1.807) is 48.5 Å². The Bertz CT molecular complexity index is 2380. The molecular weight excluding hydrogens is 669 g/mol. The van der Waals surface area contributed by atoms with E-state index in [0.717, 1.165) is 15.0 Å². The van der Waals surface area contributed by atoms with E-state index < -0.39 is 46.5 Å². The van der Waals surface area contributed by atoms with Crippen molar-refractivity contribution in [1.82, 2.24) is 18.9 Å². The average Bonchev–Trinajstić information content (AvgIpc) is 3.46. The first kappa shape index (κ1) is 31.0. The summed E-state index contributed by atoms with van der Waals surface area (Å²) >= 11 is 12.7. The molecule has 49 heavy (non-hydrogen) atoms. The third-order valence-electron chi connectivity index (χ3n) is 10.3. The molecule has 2 aliphatic heterocycles. The fourth-order valence-corrected chi connectivity index (χ4v) is 8.57. The quantitative estimate of drug-likeness (QED) is 0.192. The predicted octanol–water partition coefficient (Wildman–Crippen LogP) is 5.14. The standard InChI is InChI=1S/C36H29Cl2N5O6/c1-40-34(47)41-16-15-24-28(43(41)35(40)48)18-25-32(45)42(39-27-13-10-21(37)17-26(27)38)33(46)36(25,20-8-11-22(49-2)12-9-20)31(24)30-23-6-4-3-5-19(23)7-14-29(30)44/h3-15,17,25,28,31,39,44H,16,18H2,1-2H3/t25-,28+,31+,36+/m0/s1. The van der Waals surface area contributed by atoms with Crippen LogP contribution in [0.4, 0.5) is 5.69 Å². The van der Waals surface area contributed by atoms with Gasteiger partial charge in [-0.3, -0.25) is 15.0 Å². The number of fused-ring (bicyclic) bond motifs is 5. The van der Waals surface area contributed by atoms with E-state index in [2.05, 4.69) is 5.43 Å². The monoisotopic (exact) mass is 697 g/mol. The number of aromatic nitrogens is 3. The molecule has 5 aromatic rings.